The topological polar surface area (TPSA) is 58.6 Å². The highest BCUT2D eigenvalue weighted by molar-refractivity contribution is 5.81. The van der Waals surface area contributed by atoms with Crippen LogP contribution in [0.5, 0.6) is 5.75 Å². The Labute approximate surface area is 191 Å². The van der Waals surface area contributed by atoms with E-state index in [1.165, 1.54) is 11.1 Å². The molecule has 0 aromatic heterocycles. The van der Waals surface area contributed by atoms with Crippen LogP contribution in [-0.2, 0) is 16.0 Å². The minimum Gasteiger partial charge on any atom is -0.481 e. The van der Waals surface area contributed by atoms with E-state index in [1.807, 2.05) is 19.1 Å². The summed E-state index contributed by atoms with van der Waals surface area (Å²) in [5.74, 6) is 0.955. The van der Waals surface area contributed by atoms with Crippen molar-refractivity contribution in [2.45, 2.75) is 65.0 Å². The zero-order chi connectivity index (χ0) is 22.7. The molecular formula is C27H34N2O3. The fourth-order valence-electron chi connectivity index (χ4n) is 5.09. The number of likely N-dealkylation sites (N-methyl/N-ethyl adjacent to an activating group) is 1. The smallest absolute Gasteiger partial charge is 0.260 e. The normalized spacial score (nSPS) is 19.3. The number of carbonyl (C=O) groups excluding carboxylic acids is 2. The lowest BCUT2D eigenvalue weighted by Gasteiger charge is -2.39. The van der Waals surface area contributed by atoms with Gasteiger partial charge in [0, 0.05) is 19.0 Å². The number of hydrogen-bond acceptors (Lipinski definition) is 3. The van der Waals surface area contributed by atoms with Gasteiger partial charge in [-0.2, -0.15) is 0 Å². The highest BCUT2D eigenvalue weighted by atomic mass is 16.5. The number of fused-ring (bicyclic) bond motifs is 1. The Hall–Kier alpha value is -2.82. The van der Waals surface area contributed by atoms with Crippen LogP contribution in [0.25, 0.3) is 0 Å². The summed E-state index contributed by atoms with van der Waals surface area (Å²) in [7, 11) is 0. The van der Waals surface area contributed by atoms with Crippen LogP contribution in [0.1, 0.15) is 67.8 Å². The lowest BCUT2D eigenvalue weighted by atomic mass is 9.86. The summed E-state index contributed by atoms with van der Waals surface area (Å²) in [6, 6.07) is 14.4. The molecule has 32 heavy (non-hydrogen) atoms. The Balaban J connectivity index is 1.70. The van der Waals surface area contributed by atoms with Crippen LogP contribution in [0.2, 0.25) is 0 Å². The molecule has 1 aliphatic carbocycles. The molecule has 4 rings (SSSR count). The number of aryl methyl sites for hydroxylation is 1. The number of nitrogens with one attached hydrogen (secondary N) is 1. The van der Waals surface area contributed by atoms with Crippen molar-refractivity contribution in [3.8, 4) is 5.75 Å². The van der Waals surface area contributed by atoms with Crippen molar-refractivity contribution in [2.24, 2.45) is 5.92 Å². The fraction of sp³-hybridized carbons (Fsp3) is 0.481. The highest BCUT2D eigenvalue weighted by Gasteiger charge is 2.36. The van der Waals surface area contributed by atoms with Crippen molar-refractivity contribution in [1.29, 1.82) is 0 Å². The van der Waals surface area contributed by atoms with Crippen molar-refractivity contribution < 1.29 is 14.3 Å². The van der Waals surface area contributed by atoms with Gasteiger partial charge in [-0.1, -0.05) is 48.7 Å². The molecule has 0 spiro atoms. The number of rotatable bonds is 6. The van der Waals surface area contributed by atoms with Crippen LogP contribution in [-0.4, -0.2) is 35.9 Å². The van der Waals surface area contributed by atoms with Gasteiger partial charge in [-0.3, -0.25) is 9.59 Å². The lowest BCUT2D eigenvalue weighted by Crippen LogP contribution is -2.43. The second-order valence-corrected chi connectivity index (χ2v) is 9.09. The monoisotopic (exact) mass is 434 g/mol. The van der Waals surface area contributed by atoms with E-state index >= 15 is 0 Å². The van der Waals surface area contributed by atoms with Crippen molar-refractivity contribution in [2.75, 3.05) is 13.1 Å². The van der Waals surface area contributed by atoms with E-state index in [1.54, 1.807) is 6.92 Å². The zero-order valence-electron chi connectivity index (χ0n) is 19.4. The molecule has 1 fully saturated rings. The summed E-state index contributed by atoms with van der Waals surface area (Å²) in [6.45, 7) is 7.05. The van der Waals surface area contributed by atoms with E-state index in [-0.39, 0.29) is 23.8 Å². The Morgan fingerprint density at radius 3 is 2.66 bits per heavy atom. The molecule has 0 bridgehead atoms. The number of amides is 2. The molecule has 1 N–H and O–H groups in total. The molecule has 2 amide bonds. The Bertz CT molecular complexity index is 981. The molecule has 0 radical (unpaired) electrons. The number of carbonyl (C=O) groups is 2. The first-order valence-corrected chi connectivity index (χ1v) is 11.9. The summed E-state index contributed by atoms with van der Waals surface area (Å²) >= 11 is 0. The third-order valence-corrected chi connectivity index (χ3v) is 6.72. The van der Waals surface area contributed by atoms with Gasteiger partial charge >= 0.3 is 0 Å². The van der Waals surface area contributed by atoms with E-state index in [4.69, 9.17) is 4.74 Å². The maximum absolute atomic E-state index is 13.5. The standard InChI is InChI=1S/C27H34N2O3/c1-4-28-26(30)19(3)32-23-13-12-20-14-15-29(27(31)21-9-5-6-10-21)25(24(20)17-23)22-11-7-8-18(2)16-22/h7-8,11-13,16-17,19,21,25H,4-6,9-10,14-15H2,1-3H3,(H,28,30)/t19-,25-/m1/s1. The Morgan fingerprint density at radius 2 is 1.94 bits per heavy atom. The minimum absolute atomic E-state index is 0.126. The summed E-state index contributed by atoms with van der Waals surface area (Å²) in [6.07, 6.45) is 4.54. The molecule has 5 heteroatoms. The maximum Gasteiger partial charge on any atom is 0.260 e. The predicted molar refractivity (Wildman–Crippen MR) is 126 cm³/mol. The number of nitrogens with zero attached hydrogens (tertiary/aromatic N) is 1. The van der Waals surface area contributed by atoms with Gasteiger partial charge in [0.1, 0.15) is 5.75 Å². The summed E-state index contributed by atoms with van der Waals surface area (Å²) < 4.78 is 5.98. The fourth-order valence-corrected chi connectivity index (χ4v) is 5.09. The van der Waals surface area contributed by atoms with E-state index in [0.29, 0.717) is 12.3 Å². The van der Waals surface area contributed by atoms with E-state index in [2.05, 4.69) is 47.5 Å². The van der Waals surface area contributed by atoms with E-state index < -0.39 is 6.10 Å². The average Bonchev–Trinajstić information content (AvgIpc) is 3.33. The predicted octanol–water partition coefficient (Wildman–Crippen LogP) is 4.56. The number of hydrogen-bond donors (Lipinski definition) is 1. The van der Waals surface area contributed by atoms with Crippen molar-refractivity contribution in [3.63, 3.8) is 0 Å². The molecule has 2 aromatic carbocycles. The van der Waals surface area contributed by atoms with Crippen LogP contribution < -0.4 is 10.1 Å². The Kier molecular flexibility index (Phi) is 6.83. The summed E-state index contributed by atoms with van der Waals surface area (Å²) in [5, 5.41) is 2.81. The largest absolute Gasteiger partial charge is 0.481 e. The summed E-state index contributed by atoms with van der Waals surface area (Å²) in [5.41, 5.74) is 4.66. The first-order chi connectivity index (χ1) is 15.5. The lowest BCUT2D eigenvalue weighted by molar-refractivity contribution is -0.137. The molecule has 0 saturated heterocycles. The van der Waals surface area contributed by atoms with Crippen molar-refractivity contribution >= 4 is 11.8 Å². The SMILES string of the molecule is CCNC(=O)[C@@H](C)Oc1ccc2c(c1)[C@@H](c1cccc(C)c1)N(C(=O)C1CCCC1)CC2. The molecule has 2 aliphatic rings. The number of ether oxygens (including phenoxy) is 1. The molecule has 5 nitrogen and oxygen atoms in total. The minimum atomic E-state index is -0.578. The van der Waals surface area contributed by atoms with Crippen LogP contribution in [0.15, 0.2) is 42.5 Å². The second kappa shape index (κ2) is 9.76. The van der Waals surface area contributed by atoms with Gasteiger partial charge in [0.15, 0.2) is 6.10 Å². The first-order valence-electron chi connectivity index (χ1n) is 11.9. The zero-order valence-corrected chi connectivity index (χ0v) is 19.4. The van der Waals surface area contributed by atoms with Crippen LogP contribution >= 0.6 is 0 Å². The van der Waals surface area contributed by atoms with Gasteiger partial charge in [-0.25, -0.2) is 0 Å². The van der Waals surface area contributed by atoms with Gasteiger partial charge in [-0.05, 0) is 68.9 Å². The van der Waals surface area contributed by atoms with Crippen molar-refractivity contribution in [1.82, 2.24) is 10.2 Å². The third-order valence-electron chi connectivity index (χ3n) is 6.72. The third kappa shape index (κ3) is 4.67. The highest BCUT2D eigenvalue weighted by Crippen LogP contribution is 2.40. The van der Waals surface area contributed by atoms with Gasteiger partial charge in [0.2, 0.25) is 5.91 Å². The van der Waals surface area contributed by atoms with Crippen molar-refractivity contribution in [3.05, 3.63) is 64.7 Å². The van der Waals surface area contributed by atoms with Gasteiger partial charge in [-0.15, -0.1) is 0 Å². The Morgan fingerprint density at radius 1 is 1.16 bits per heavy atom. The average molecular weight is 435 g/mol. The molecule has 2 aromatic rings. The van der Waals surface area contributed by atoms with E-state index in [9.17, 15) is 9.59 Å². The molecule has 170 valence electrons. The molecule has 2 atom stereocenters. The molecular weight excluding hydrogens is 400 g/mol. The van der Waals surface area contributed by atoms with Gasteiger partial charge < -0.3 is 15.0 Å². The van der Waals surface area contributed by atoms with Crippen LogP contribution in [0, 0.1) is 12.8 Å². The molecule has 1 heterocycles. The summed E-state index contributed by atoms with van der Waals surface area (Å²) in [4.78, 5) is 27.8. The van der Waals surface area contributed by atoms with Gasteiger partial charge in [0.05, 0.1) is 6.04 Å². The van der Waals surface area contributed by atoms with Gasteiger partial charge in [0.25, 0.3) is 5.91 Å². The van der Waals surface area contributed by atoms with Crippen LogP contribution in [0.3, 0.4) is 0 Å². The first kappa shape index (κ1) is 22.4. The number of benzene rings is 2. The van der Waals surface area contributed by atoms with E-state index in [0.717, 1.165) is 49.8 Å². The molecule has 0 unspecified atom stereocenters. The second-order valence-electron chi connectivity index (χ2n) is 9.09. The van der Waals surface area contributed by atoms with Crippen LogP contribution in [0.4, 0.5) is 0 Å². The quantitative estimate of drug-likeness (QED) is 0.725. The maximum atomic E-state index is 13.5. The molecule has 1 saturated carbocycles. The molecule has 1 aliphatic heterocycles.